The van der Waals surface area contributed by atoms with Crippen LogP contribution in [0.2, 0.25) is 0 Å². The lowest BCUT2D eigenvalue weighted by molar-refractivity contribution is -0.166. The molecule has 0 unspecified atom stereocenters. The Bertz CT molecular complexity index is 1290. The summed E-state index contributed by atoms with van der Waals surface area (Å²) >= 11 is 0. The first-order valence-electron chi connectivity index (χ1n) is 10.6. The predicted molar refractivity (Wildman–Crippen MR) is 115 cm³/mol. The molecule has 14 heteroatoms. The molecule has 194 valence electrons. The molecule has 0 radical (unpaired) electrons. The van der Waals surface area contributed by atoms with Gasteiger partial charge in [-0.3, -0.25) is 9.59 Å². The van der Waals surface area contributed by atoms with Crippen LogP contribution in [-0.2, 0) is 41.7 Å². The van der Waals surface area contributed by atoms with E-state index in [-0.39, 0.29) is 5.76 Å². The molecule has 3 atom stereocenters. The number of carbonyl (C=O) groups is 3. The summed E-state index contributed by atoms with van der Waals surface area (Å²) in [6.07, 6.45) is -4.73. The molecular formula is C22H21F3N2O8S. The molecule has 1 aromatic carbocycles. The summed E-state index contributed by atoms with van der Waals surface area (Å²) in [5.74, 6) is -3.91. The quantitative estimate of drug-likeness (QED) is 0.422. The number of hydrogen-bond donors (Lipinski definition) is 1. The molecule has 4 rings (SSSR count). The van der Waals surface area contributed by atoms with Gasteiger partial charge in [0, 0.05) is 0 Å². The molecule has 2 aromatic rings. The Morgan fingerprint density at radius 3 is 2.42 bits per heavy atom. The first kappa shape index (κ1) is 25.5. The molecule has 2 fully saturated rings. The molecule has 1 aromatic heterocycles. The third kappa shape index (κ3) is 4.29. The molecular weight excluding hydrogens is 509 g/mol. The number of fused-ring (bicyclic) bond motifs is 1. The number of alkyl halides is 3. The molecule has 0 bridgehead atoms. The van der Waals surface area contributed by atoms with Crippen molar-refractivity contribution in [2.45, 2.75) is 48.8 Å². The molecule has 2 aliphatic rings. The zero-order valence-electron chi connectivity index (χ0n) is 18.9. The van der Waals surface area contributed by atoms with Crippen LogP contribution in [-0.4, -0.2) is 59.9 Å². The first-order chi connectivity index (χ1) is 16.7. The minimum Gasteiger partial charge on any atom is -0.484 e. The van der Waals surface area contributed by atoms with Crippen molar-refractivity contribution < 1.29 is 49.9 Å². The van der Waals surface area contributed by atoms with E-state index in [1.807, 2.05) is 0 Å². The number of rotatable bonds is 7. The Hall–Kier alpha value is -3.55. The lowest BCUT2D eigenvalue weighted by Crippen LogP contribution is -2.72. The number of nitrogens with one attached hydrogen (secondary N) is 1. The molecule has 1 N–H and O–H groups in total. The van der Waals surface area contributed by atoms with Crippen molar-refractivity contribution in [2.75, 3.05) is 6.61 Å². The second kappa shape index (κ2) is 8.84. The second-order valence-corrected chi connectivity index (χ2v) is 11.3. The van der Waals surface area contributed by atoms with Crippen LogP contribution in [0, 0.1) is 0 Å². The summed E-state index contributed by atoms with van der Waals surface area (Å²) < 4.78 is 77.5. The number of para-hydroxylation sites is 1. The number of esters is 1. The number of furan rings is 1. The van der Waals surface area contributed by atoms with Crippen molar-refractivity contribution in [3.8, 4) is 5.75 Å². The maximum atomic E-state index is 13.2. The third-order valence-electron chi connectivity index (χ3n) is 6.02. The monoisotopic (exact) mass is 530 g/mol. The number of hydrogen-bond acceptors (Lipinski definition) is 8. The van der Waals surface area contributed by atoms with Gasteiger partial charge in [-0.2, -0.15) is 13.2 Å². The lowest BCUT2D eigenvalue weighted by Gasteiger charge is -2.42. The Balaban J connectivity index is 1.43. The zero-order valence-corrected chi connectivity index (χ0v) is 19.8. The molecule has 2 amide bonds. The fourth-order valence-electron chi connectivity index (χ4n) is 4.13. The molecule has 2 saturated heterocycles. The van der Waals surface area contributed by atoms with Crippen LogP contribution in [0.5, 0.6) is 5.75 Å². The van der Waals surface area contributed by atoms with Gasteiger partial charge in [0.15, 0.2) is 21.8 Å². The van der Waals surface area contributed by atoms with Crippen molar-refractivity contribution in [1.29, 1.82) is 0 Å². The van der Waals surface area contributed by atoms with Gasteiger partial charge in [0.1, 0.15) is 34.9 Å². The standard InChI is InChI=1S/C22H21F3N2O8S/c1-21(2)17(20(30)34-10-13-8-9-14(35-13)22(23,24)25)27-18(29)16(19(27)36(21,31)32)26-15(28)11-33-12-6-4-3-5-7-12/h3-9,16-17,19H,10-11H2,1-2H3,(H,26,28)/t16-,17+,19-/m1/s1. The molecule has 10 nitrogen and oxygen atoms in total. The van der Waals surface area contributed by atoms with Gasteiger partial charge in [0.05, 0.1) is 0 Å². The zero-order chi connectivity index (χ0) is 26.5. The van der Waals surface area contributed by atoms with Gasteiger partial charge in [-0.15, -0.1) is 0 Å². The number of nitrogens with zero attached hydrogens (tertiary/aromatic N) is 1. The number of ether oxygens (including phenoxy) is 2. The number of carbonyl (C=O) groups excluding carboxylic acids is 3. The van der Waals surface area contributed by atoms with E-state index in [9.17, 15) is 36.0 Å². The minimum atomic E-state index is -4.73. The SMILES string of the molecule is CC1(C)[C@H](C(=O)OCc2ccc(C(F)(F)F)o2)N2C(=O)[C@@H](NC(=O)COc3ccccc3)[C@H]2S1(=O)=O. The molecule has 36 heavy (non-hydrogen) atoms. The fourth-order valence-corrected chi connectivity index (χ4v) is 6.34. The summed E-state index contributed by atoms with van der Waals surface area (Å²) in [7, 11) is -4.18. The summed E-state index contributed by atoms with van der Waals surface area (Å²) in [4.78, 5) is 38.7. The van der Waals surface area contributed by atoms with Gasteiger partial charge in [-0.1, -0.05) is 18.2 Å². The minimum absolute atomic E-state index is 0.315. The average Bonchev–Trinajstić information content (AvgIpc) is 3.34. The van der Waals surface area contributed by atoms with Crippen molar-refractivity contribution in [2.24, 2.45) is 0 Å². The van der Waals surface area contributed by atoms with E-state index in [0.717, 1.165) is 11.0 Å². The van der Waals surface area contributed by atoms with Gasteiger partial charge in [0.25, 0.3) is 5.91 Å². The fraction of sp³-hybridized carbons (Fsp3) is 0.409. The Kier molecular flexibility index (Phi) is 6.27. The van der Waals surface area contributed by atoms with E-state index < -0.39 is 75.0 Å². The van der Waals surface area contributed by atoms with E-state index in [0.29, 0.717) is 11.8 Å². The molecule has 0 aliphatic carbocycles. The highest BCUT2D eigenvalue weighted by Crippen LogP contribution is 2.46. The number of sulfone groups is 1. The van der Waals surface area contributed by atoms with E-state index >= 15 is 0 Å². The van der Waals surface area contributed by atoms with Gasteiger partial charge in [0.2, 0.25) is 11.7 Å². The largest absolute Gasteiger partial charge is 0.484 e. The van der Waals surface area contributed by atoms with Gasteiger partial charge in [-0.25, -0.2) is 13.2 Å². The predicted octanol–water partition coefficient (Wildman–Crippen LogP) is 1.65. The van der Waals surface area contributed by atoms with Crippen LogP contribution in [0.25, 0.3) is 0 Å². The highest BCUT2D eigenvalue weighted by Gasteiger charge is 2.72. The highest BCUT2D eigenvalue weighted by molar-refractivity contribution is 7.94. The van der Waals surface area contributed by atoms with E-state index in [4.69, 9.17) is 9.47 Å². The number of β-lactam (4-membered cyclic amide) rings is 1. The Labute approximate surface area is 203 Å². The highest BCUT2D eigenvalue weighted by atomic mass is 32.2. The number of amides is 2. The van der Waals surface area contributed by atoms with E-state index in [1.165, 1.54) is 13.8 Å². The molecule has 3 heterocycles. The molecule has 0 saturated carbocycles. The summed E-state index contributed by atoms with van der Waals surface area (Å²) in [5, 5.41) is 0.812. The normalized spacial score (nSPS) is 24.0. The second-order valence-electron chi connectivity index (χ2n) is 8.71. The van der Waals surface area contributed by atoms with Crippen molar-refractivity contribution in [1.82, 2.24) is 10.2 Å². The van der Waals surface area contributed by atoms with Crippen LogP contribution < -0.4 is 10.1 Å². The lowest BCUT2D eigenvalue weighted by atomic mass is 9.96. The van der Waals surface area contributed by atoms with Crippen LogP contribution in [0.3, 0.4) is 0 Å². The maximum Gasteiger partial charge on any atom is 0.449 e. The third-order valence-corrected chi connectivity index (χ3v) is 8.84. The summed E-state index contributed by atoms with van der Waals surface area (Å²) in [5.41, 5.74) is 0. The van der Waals surface area contributed by atoms with Gasteiger partial charge >= 0.3 is 12.1 Å². The summed E-state index contributed by atoms with van der Waals surface area (Å²) in [6, 6.07) is 6.96. The Morgan fingerprint density at radius 2 is 1.81 bits per heavy atom. The maximum absolute atomic E-state index is 13.2. The smallest absolute Gasteiger partial charge is 0.449 e. The van der Waals surface area contributed by atoms with Crippen molar-refractivity contribution in [3.05, 3.63) is 54.0 Å². The van der Waals surface area contributed by atoms with Gasteiger partial charge < -0.3 is 24.1 Å². The van der Waals surface area contributed by atoms with Crippen LogP contribution >= 0.6 is 0 Å². The topological polar surface area (TPSA) is 132 Å². The molecule has 2 aliphatic heterocycles. The number of benzene rings is 1. The van der Waals surface area contributed by atoms with Crippen LogP contribution in [0.4, 0.5) is 13.2 Å². The van der Waals surface area contributed by atoms with Crippen molar-refractivity contribution in [3.63, 3.8) is 0 Å². The van der Waals surface area contributed by atoms with Crippen LogP contribution in [0.1, 0.15) is 25.4 Å². The van der Waals surface area contributed by atoms with E-state index in [2.05, 4.69) is 9.73 Å². The van der Waals surface area contributed by atoms with Crippen molar-refractivity contribution >= 4 is 27.6 Å². The van der Waals surface area contributed by atoms with E-state index in [1.54, 1.807) is 30.3 Å². The van der Waals surface area contributed by atoms with Gasteiger partial charge in [-0.05, 0) is 38.1 Å². The number of halogens is 3. The summed E-state index contributed by atoms with van der Waals surface area (Å²) in [6.45, 7) is 1.28. The Morgan fingerprint density at radius 1 is 1.14 bits per heavy atom. The average molecular weight is 530 g/mol. The molecule has 0 spiro atoms. The van der Waals surface area contributed by atoms with Crippen LogP contribution in [0.15, 0.2) is 46.9 Å². The first-order valence-corrected chi connectivity index (χ1v) is 12.1.